The molecule has 0 N–H and O–H groups in total. The molecule has 0 unspecified atom stereocenters. The van der Waals surface area contributed by atoms with E-state index in [2.05, 4.69) is 4.98 Å². The zero-order valence-electron chi connectivity index (χ0n) is 10.7. The van der Waals surface area contributed by atoms with Gasteiger partial charge in [-0.15, -0.1) is 0 Å². The highest BCUT2D eigenvalue weighted by Crippen LogP contribution is 1.99. The molecule has 2 aromatic heterocycles. The summed E-state index contributed by atoms with van der Waals surface area (Å²) < 4.78 is 2.28. The van der Waals surface area contributed by atoms with E-state index in [1.54, 1.807) is 24.5 Å². The van der Waals surface area contributed by atoms with Gasteiger partial charge in [-0.3, -0.25) is 23.7 Å². The highest BCUT2D eigenvalue weighted by molar-refractivity contribution is 5.93. The molecular weight excluding hydrogens is 246 g/mol. The minimum atomic E-state index is -0.566. The molecule has 0 amide bonds. The van der Waals surface area contributed by atoms with Gasteiger partial charge in [0, 0.05) is 25.6 Å². The van der Waals surface area contributed by atoms with Crippen LogP contribution in [0, 0.1) is 0 Å². The fraction of sp³-hybridized carbons (Fsp3) is 0.231. The van der Waals surface area contributed by atoms with Crippen LogP contribution in [0.4, 0.5) is 0 Å². The van der Waals surface area contributed by atoms with E-state index < -0.39 is 11.2 Å². The Kier molecular flexibility index (Phi) is 3.41. The van der Waals surface area contributed by atoms with Gasteiger partial charge < -0.3 is 0 Å². The van der Waals surface area contributed by atoms with Crippen LogP contribution in [0.15, 0.2) is 40.3 Å². The van der Waals surface area contributed by atoms with Gasteiger partial charge in [-0.05, 0) is 24.6 Å². The van der Waals surface area contributed by atoms with Crippen LogP contribution in [0.5, 0.6) is 0 Å². The average molecular weight is 259 g/mol. The van der Waals surface area contributed by atoms with Gasteiger partial charge in [-0.1, -0.05) is 0 Å². The Morgan fingerprint density at radius 1 is 1.26 bits per heavy atom. The lowest BCUT2D eigenvalue weighted by Crippen LogP contribution is -2.40. The molecule has 0 bridgehead atoms. The molecular formula is C13H13N3O3. The van der Waals surface area contributed by atoms with E-state index in [-0.39, 0.29) is 17.9 Å². The lowest BCUT2D eigenvalue weighted by atomic mass is 10.2. The van der Waals surface area contributed by atoms with Crippen molar-refractivity contribution >= 4 is 5.78 Å². The molecule has 2 aromatic rings. The van der Waals surface area contributed by atoms with Crippen molar-refractivity contribution in [2.24, 2.45) is 7.05 Å². The van der Waals surface area contributed by atoms with E-state index in [1.165, 1.54) is 24.7 Å². The fourth-order valence-corrected chi connectivity index (χ4v) is 1.77. The maximum absolute atomic E-state index is 12.0. The molecule has 2 heterocycles. The molecule has 0 spiro atoms. The summed E-state index contributed by atoms with van der Waals surface area (Å²) in [4.78, 5) is 39.0. The smallest absolute Gasteiger partial charge is 0.295 e. The van der Waals surface area contributed by atoms with Gasteiger partial charge in [-0.2, -0.15) is 0 Å². The van der Waals surface area contributed by atoms with Crippen LogP contribution >= 0.6 is 0 Å². The van der Waals surface area contributed by atoms with Crippen LogP contribution in [0.2, 0.25) is 0 Å². The molecule has 0 aliphatic carbocycles. The Balaban J connectivity index is 2.56. The van der Waals surface area contributed by atoms with Gasteiger partial charge in [0.2, 0.25) is 0 Å². The van der Waals surface area contributed by atoms with Crippen molar-refractivity contribution in [3.05, 3.63) is 62.7 Å². The Bertz CT molecular complexity index is 729. The first-order valence-electron chi connectivity index (χ1n) is 5.71. The normalized spacial score (nSPS) is 10.4. The molecule has 0 fully saturated rings. The third-order valence-electron chi connectivity index (χ3n) is 2.83. The topological polar surface area (TPSA) is 74.0 Å². The highest BCUT2D eigenvalue weighted by atomic mass is 16.2. The molecule has 2 rings (SSSR count). The first kappa shape index (κ1) is 12.9. The zero-order chi connectivity index (χ0) is 14.0. The van der Waals surface area contributed by atoms with Gasteiger partial charge in [0.05, 0.1) is 12.1 Å². The van der Waals surface area contributed by atoms with Gasteiger partial charge in [-0.25, -0.2) is 4.79 Å². The summed E-state index contributed by atoms with van der Waals surface area (Å²) >= 11 is 0. The third-order valence-corrected chi connectivity index (χ3v) is 2.83. The number of hydrogen-bond acceptors (Lipinski definition) is 4. The molecule has 0 aliphatic rings. The van der Waals surface area contributed by atoms with Gasteiger partial charge in [0.15, 0.2) is 5.78 Å². The number of hydrogen-bond donors (Lipinski definition) is 0. The van der Waals surface area contributed by atoms with Crippen molar-refractivity contribution < 1.29 is 4.79 Å². The Labute approximate surface area is 109 Å². The van der Waals surface area contributed by atoms with Crippen molar-refractivity contribution in [2.45, 2.75) is 13.5 Å². The van der Waals surface area contributed by atoms with Crippen LogP contribution in [-0.2, 0) is 13.6 Å². The van der Waals surface area contributed by atoms with Gasteiger partial charge in [0.25, 0.3) is 5.56 Å². The molecule has 0 aliphatic heterocycles. The summed E-state index contributed by atoms with van der Waals surface area (Å²) in [6.07, 6.45) is 4.55. The second-order valence-corrected chi connectivity index (χ2v) is 4.23. The van der Waals surface area contributed by atoms with Gasteiger partial charge >= 0.3 is 5.69 Å². The molecule has 6 nitrogen and oxygen atoms in total. The number of carbonyl (C=O) groups excluding carboxylic acids is 1. The molecule has 0 saturated heterocycles. The van der Waals surface area contributed by atoms with Crippen LogP contribution < -0.4 is 11.2 Å². The first-order chi connectivity index (χ1) is 9.00. The maximum Gasteiger partial charge on any atom is 0.331 e. The fourth-order valence-electron chi connectivity index (χ4n) is 1.77. The number of Topliss-reactive ketones (excluding diaryl/α,β-unsaturated/α-hetero) is 1. The zero-order valence-corrected chi connectivity index (χ0v) is 10.7. The molecule has 19 heavy (non-hydrogen) atoms. The number of pyridine rings is 1. The molecule has 6 heteroatoms. The number of ketones is 1. The average Bonchev–Trinajstić information content (AvgIpc) is 2.40. The summed E-state index contributed by atoms with van der Waals surface area (Å²) in [5.41, 5.74) is -0.142. The van der Waals surface area contributed by atoms with Crippen molar-refractivity contribution in [2.75, 3.05) is 0 Å². The number of nitrogens with zero attached hydrogens (tertiary/aromatic N) is 3. The standard InChI is InChI=1S/C13H13N3O3/c1-9(17)11-8-16(13(19)15(2)12(11)18)7-10-3-5-14-6-4-10/h3-6,8H,7H2,1-2H3. The minimum absolute atomic E-state index is 0.0103. The van der Waals surface area contributed by atoms with Crippen molar-refractivity contribution in [1.82, 2.24) is 14.1 Å². The van der Waals surface area contributed by atoms with E-state index in [0.717, 1.165) is 10.1 Å². The summed E-state index contributed by atoms with van der Waals surface area (Å²) in [5, 5.41) is 0. The maximum atomic E-state index is 12.0. The largest absolute Gasteiger partial charge is 0.331 e. The lowest BCUT2D eigenvalue weighted by Gasteiger charge is -2.09. The number of aromatic nitrogens is 3. The van der Waals surface area contributed by atoms with Crippen molar-refractivity contribution in [3.63, 3.8) is 0 Å². The molecule has 98 valence electrons. The third kappa shape index (κ3) is 2.52. The van der Waals surface area contributed by atoms with Crippen molar-refractivity contribution in [1.29, 1.82) is 0 Å². The second kappa shape index (κ2) is 5.01. The summed E-state index contributed by atoms with van der Waals surface area (Å²) in [6, 6.07) is 3.54. The summed E-state index contributed by atoms with van der Waals surface area (Å²) in [6.45, 7) is 1.59. The first-order valence-corrected chi connectivity index (χ1v) is 5.71. The Morgan fingerprint density at radius 2 is 1.89 bits per heavy atom. The number of rotatable bonds is 3. The molecule has 0 saturated carbocycles. The highest BCUT2D eigenvalue weighted by Gasteiger charge is 2.12. The van der Waals surface area contributed by atoms with Crippen LogP contribution in [-0.4, -0.2) is 19.9 Å². The van der Waals surface area contributed by atoms with E-state index in [1.807, 2.05) is 0 Å². The minimum Gasteiger partial charge on any atom is -0.295 e. The Morgan fingerprint density at radius 3 is 2.47 bits per heavy atom. The predicted molar refractivity (Wildman–Crippen MR) is 69.3 cm³/mol. The van der Waals surface area contributed by atoms with Gasteiger partial charge in [0.1, 0.15) is 0 Å². The lowest BCUT2D eigenvalue weighted by molar-refractivity contribution is 0.101. The van der Waals surface area contributed by atoms with Crippen LogP contribution in [0.3, 0.4) is 0 Å². The Hall–Kier alpha value is -2.50. The molecule has 0 atom stereocenters. The van der Waals surface area contributed by atoms with Crippen LogP contribution in [0.25, 0.3) is 0 Å². The summed E-state index contributed by atoms with van der Waals surface area (Å²) in [5.74, 6) is -0.357. The van der Waals surface area contributed by atoms with E-state index in [4.69, 9.17) is 0 Å². The van der Waals surface area contributed by atoms with E-state index in [9.17, 15) is 14.4 Å². The second-order valence-electron chi connectivity index (χ2n) is 4.23. The quantitative estimate of drug-likeness (QED) is 0.738. The number of carbonyl (C=O) groups is 1. The SMILES string of the molecule is CC(=O)c1cn(Cc2ccncc2)c(=O)n(C)c1=O. The summed E-state index contributed by atoms with van der Waals surface area (Å²) in [7, 11) is 1.36. The van der Waals surface area contributed by atoms with Crippen molar-refractivity contribution in [3.8, 4) is 0 Å². The van der Waals surface area contributed by atoms with E-state index in [0.29, 0.717) is 0 Å². The van der Waals surface area contributed by atoms with Crippen LogP contribution in [0.1, 0.15) is 22.8 Å². The molecule has 0 radical (unpaired) electrons. The molecule has 0 aromatic carbocycles. The monoisotopic (exact) mass is 259 g/mol. The van der Waals surface area contributed by atoms with E-state index >= 15 is 0 Å². The predicted octanol–water partition coefficient (Wildman–Crippen LogP) is 0.193.